The van der Waals surface area contributed by atoms with Gasteiger partial charge >= 0.3 is 12.2 Å². The molecule has 0 bridgehead atoms. The predicted molar refractivity (Wildman–Crippen MR) is 271 cm³/mol. The van der Waals surface area contributed by atoms with Gasteiger partial charge in [-0.15, -0.1) is 0 Å². The fourth-order valence-corrected chi connectivity index (χ4v) is 10.6. The van der Waals surface area contributed by atoms with Gasteiger partial charge in [-0.05, 0) is 104 Å². The Morgan fingerprint density at radius 1 is 0.904 bits per heavy atom. The number of anilines is 3. The molecule has 0 radical (unpaired) electrons. The van der Waals surface area contributed by atoms with Crippen molar-refractivity contribution >= 4 is 40.0 Å². The number of likely N-dealkylation sites (tertiary alicyclic amines) is 1. The number of ether oxygens (including phenoxy) is 4. The molecule has 380 valence electrons. The molecule has 0 spiro atoms. The van der Waals surface area contributed by atoms with E-state index in [-0.39, 0.29) is 97.8 Å². The maximum atomic E-state index is 18.3. The Labute approximate surface area is 425 Å². The van der Waals surface area contributed by atoms with Gasteiger partial charge in [-0.25, -0.2) is 18.7 Å². The number of fused-ring (bicyclic) bond motifs is 1. The first-order chi connectivity index (χ1) is 35.3. The summed E-state index contributed by atoms with van der Waals surface area (Å²) < 4.78 is 103. The average molecular weight is 1020 g/mol. The zero-order valence-corrected chi connectivity index (χ0v) is 41.5. The van der Waals surface area contributed by atoms with E-state index in [9.17, 15) is 4.39 Å². The zero-order valence-electron chi connectivity index (χ0n) is 40.8. The summed E-state index contributed by atoms with van der Waals surface area (Å²) in [5.74, 6) is 1.01. The number of likely N-dealkylation sites (N-methyl/N-ethyl adjacent to an activating group) is 1. The molecule has 12 nitrogen and oxygen atoms in total. The van der Waals surface area contributed by atoms with Crippen molar-refractivity contribution in [3.8, 4) is 34.5 Å². The zero-order chi connectivity index (χ0) is 51.0. The number of pyridine rings is 2. The molecule has 3 aromatic heterocycles. The van der Waals surface area contributed by atoms with Crippen molar-refractivity contribution in [2.45, 2.75) is 76.7 Å². The predicted octanol–water partition coefficient (Wildman–Crippen LogP) is 11.7. The van der Waals surface area contributed by atoms with Crippen LogP contribution >= 0.6 is 11.6 Å². The number of aryl methyl sites for hydroxylation is 2. The van der Waals surface area contributed by atoms with Crippen molar-refractivity contribution < 1.29 is 40.9 Å². The highest BCUT2D eigenvalue weighted by Gasteiger charge is 2.42. The smallest absolute Gasteiger partial charge is 0.418 e. The van der Waals surface area contributed by atoms with E-state index in [0.717, 1.165) is 40.7 Å². The second kappa shape index (κ2) is 20.9. The molecule has 1 aliphatic carbocycles. The Kier molecular flexibility index (Phi) is 14.2. The number of methoxy groups -OCH3 is 2. The van der Waals surface area contributed by atoms with Gasteiger partial charge in [0.05, 0.1) is 54.0 Å². The molecule has 1 fully saturated rings. The minimum absolute atomic E-state index is 0.00774. The number of hydrogen-bond acceptors (Lipinski definition) is 12. The van der Waals surface area contributed by atoms with E-state index in [0.29, 0.717) is 30.3 Å². The highest BCUT2D eigenvalue weighted by Crippen LogP contribution is 2.52. The summed E-state index contributed by atoms with van der Waals surface area (Å²) in [6.07, 6.45) is -1.84. The van der Waals surface area contributed by atoms with Crippen LogP contribution in [0.4, 0.5) is 39.4 Å². The van der Waals surface area contributed by atoms with Gasteiger partial charge in [-0.1, -0.05) is 66.2 Å². The Morgan fingerprint density at radius 2 is 1.60 bits per heavy atom. The van der Waals surface area contributed by atoms with Gasteiger partial charge in [-0.3, -0.25) is 4.90 Å². The van der Waals surface area contributed by atoms with Gasteiger partial charge < -0.3 is 34.1 Å². The Bertz CT molecular complexity index is 3070. The number of halogens is 6. The molecule has 10 rings (SSSR count). The summed E-state index contributed by atoms with van der Waals surface area (Å²) in [4.78, 5) is 24.8. The fraction of sp³-hybridized carbons (Fsp3) is 0.345. The fourth-order valence-electron chi connectivity index (χ4n) is 10.3. The Morgan fingerprint density at radius 3 is 2.25 bits per heavy atom. The molecule has 5 heterocycles. The molecular weight excluding hydrogens is 967 g/mol. The van der Waals surface area contributed by atoms with Gasteiger partial charge in [0.25, 0.3) is 0 Å². The molecule has 73 heavy (non-hydrogen) atoms. The van der Waals surface area contributed by atoms with E-state index in [1.54, 1.807) is 51.7 Å². The van der Waals surface area contributed by atoms with E-state index < -0.39 is 40.0 Å². The Hall–Kier alpha value is -6.98. The molecule has 0 amide bonds. The van der Waals surface area contributed by atoms with E-state index in [1.807, 2.05) is 75.4 Å². The van der Waals surface area contributed by atoms with Crippen LogP contribution in [-0.2, 0) is 32.2 Å². The van der Waals surface area contributed by atoms with E-state index in [4.69, 9.17) is 45.5 Å². The number of aromatic nitrogens is 4. The van der Waals surface area contributed by atoms with Crippen LogP contribution in [0.15, 0.2) is 97.2 Å². The van der Waals surface area contributed by atoms with Gasteiger partial charge in [0.2, 0.25) is 0 Å². The lowest BCUT2D eigenvalue weighted by molar-refractivity contribution is -0.137. The molecule has 7 aromatic rings. The third-order valence-electron chi connectivity index (χ3n) is 14.0. The van der Waals surface area contributed by atoms with E-state index in [1.165, 1.54) is 13.0 Å². The quantitative estimate of drug-likeness (QED) is 0.0988. The molecule has 1 saturated heterocycles. The molecule has 2 aliphatic heterocycles. The van der Waals surface area contributed by atoms with Crippen molar-refractivity contribution in [3.63, 3.8) is 0 Å². The first-order valence-corrected chi connectivity index (χ1v) is 24.6. The van der Waals surface area contributed by atoms with Gasteiger partial charge in [0.15, 0.2) is 11.6 Å². The summed E-state index contributed by atoms with van der Waals surface area (Å²) in [7, 11) is 4.90. The molecule has 18 heteroatoms. The summed E-state index contributed by atoms with van der Waals surface area (Å²) in [6.45, 7) is 2.61. The Balaban J connectivity index is 1.14. The summed E-state index contributed by atoms with van der Waals surface area (Å²) >= 11 is 7.31. The molecule has 0 saturated carbocycles. The van der Waals surface area contributed by atoms with Crippen LogP contribution in [-0.4, -0.2) is 84.6 Å². The number of nitrogens with zero attached hydrogens (tertiary/aromatic N) is 7. The third-order valence-corrected chi connectivity index (χ3v) is 14.3. The molecule has 3 atom stereocenters. The minimum Gasteiger partial charge on any atom is -0.497 e. The summed E-state index contributed by atoms with van der Waals surface area (Å²) in [5, 5.41) is 3.19. The number of rotatable bonds is 15. The molecule has 4 aromatic carbocycles. The summed E-state index contributed by atoms with van der Waals surface area (Å²) in [5.41, 5.74) is 1.54. The highest BCUT2D eigenvalue weighted by molar-refractivity contribution is 6.36. The second-order valence-electron chi connectivity index (χ2n) is 18.7. The number of benzene rings is 4. The largest absolute Gasteiger partial charge is 0.497 e. The molecule has 0 unspecified atom stereocenters. The lowest BCUT2D eigenvalue weighted by Gasteiger charge is -2.37. The number of hydrogen-bond donors (Lipinski definition) is 1. The average Bonchev–Trinajstić information content (AvgIpc) is 3.59. The normalized spacial score (nSPS) is 17.7. The lowest BCUT2D eigenvalue weighted by atomic mass is 9.87. The van der Waals surface area contributed by atoms with Crippen LogP contribution in [0.25, 0.3) is 22.2 Å². The van der Waals surface area contributed by atoms with E-state index in [2.05, 4.69) is 10.3 Å². The van der Waals surface area contributed by atoms with Gasteiger partial charge in [-0.2, -0.15) is 23.1 Å². The van der Waals surface area contributed by atoms with Crippen LogP contribution in [0.3, 0.4) is 0 Å². The third kappa shape index (κ3) is 10.2. The molecular formula is C55H54ClF5N8O4. The van der Waals surface area contributed by atoms with Crippen molar-refractivity contribution in [2.24, 2.45) is 0 Å². The standard InChI is InChI=1S/C55H54ClF5N8O4/c1-32-25-42(68(28-34-13-17-39(70-3)18-14-34)29-35-15-19-40(71-4)20-16-35)64-49(46(32)55(59,60)61)44-47(56)51-45-50(48(44)58)65-54(73-31-38-26-37(57)30-67(38)2)66-53(45)69(23-24-72-51)41-12-8-11-36-21-22-62-52(43(36)41)63-27-33-9-6-5-7-10-33/h5-7,9-10,13-22,25,37-38,41H,8,11-12,23-24,26-31H2,1-4H3,(H,62,63)/t37-,38+,41-/m1/s1. The van der Waals surface area contributed by atoms with Crippen LogP contribution in [0, 0.1) is 12.7 Å². The van der Waals surface area contributed by atoms with Gasteiger partial charge in [0.1, 0.15) is 53.9 Å². The molecule has 1 N–H and O–H groups in total. The summed E-state index contributed by atoms with van der Waals surface area (Å²) in [6, 6.07) is 26.9. The van der Waals surface area contributed by atoms with Crippen LogP contribution < -0.4 is 34.1 Å². The van der Waals surface area contributed by atoms with Crippen molar-refractivity contribution in [2.75, 3.05) is 62.7 Å². The minimum atomic E-state index is -5.01. The maximum Gasteiger partial charge on any atom is 0.418 e. The SMILES string of the molecule is COc1ccc(CN(Cc2ccc(OC)cc2)c2cc(C)c(C(F)(F)F)c(-c3c(Cl)c4c5c(nc(OC[C@@H]6C[C@@H](F)CN6C)nc5c3F)N([C@@H]3CCCc5ccnc(NCc6ccccc6)c53)CCO4)n2)cc1. The first-order valence-electron chi connectivity index (χ1n) is 24.2. The van der Waals surface area contributed by atoms with Crippen molar-refractivity contribution in [1.29, 1.82) is 0 Å². The van der Waals surface area contributed by atoms with E-state index >= 15 is 17.6 Å². The maximum absolute atomic E-state index is 18.3. The topological polar surface area (TPSA) is 110 Å². The van der Waals surface area contributed by atoms with Crippen molar-refractivity contribution in [1.82, 2.24) is 24.8 Å². The van der Waals surface area contributed by atoms with Crippen molar-refractivity contribution in [3.05, 3.63) is 147 Å². The lowest BCUT2D eigenvalue weighted by Crippen LogP contribution is -2.35. The second-order valence-corrected chi connectivity index (χ2v) is 19.1. The van der Waals surface area contributed by atoms with Gasteiger partial charge in [0, 0.05) is 44.0 Å². The monoisotopic (exact) mass is 1020 g/mol. The molecule has 3 aliphatic rings. The van der Waals surface area contributed by atoms with Crippen LogP contribution in [0.1, 0.15) is 64.2 Å². The number of alkyl halides is 4. The number of nitrogens with one attached hydrogen (secondary N) is 1. The van der Waals surface area contributed by atoms with Crippen LogP contribution in [0.5, 0.6) is 23.3 Å². The first kappa shape index (κ1) is 49.6. The highest BCUT2D eigenvalue weighted by atomic mass is 35.5. The van der Waals surface area contributed by atoms with Crippen LogP contribution in [0.2, 0.25) is 5.02 Å².